The molecule has 0 amide bonds. The Labute approximate surface area is 125 Å². The number of likely N-dealkylation sites (N-methyl/N-ethyl adjacent to an activating group) is 1. The maximum Gasteiger partial charge on any atom is 0.0961 e. The van der Waals surface area contributed by atoms with Crippen LogP contribution in [-0.2, 0) is 13.0 Å². The van der Waals surface area contributed by atoms with Crippen LogP contribution in [-0.4, -0.2) is 22.6 Å². The molecule has 2 aromatic carbocycles. The minimum Gasteiger partial charge on any atom is -0.326 e. The smallest absolute Gasteiger partial charge is 0.0961 e. The lowest BCUT2D eigenvalue weighted by atomic mass is 10.1. The topological polar surface area (TPSA) is 29.9 Å². The average molecular weight is 279 g/mol. The molecule has 3 rings (SSSR count). The Balaban J connectivity index is 1.70. The maximum absolute atomic E-state index is 4.44. The third-order valence-electron chi connectivity index (χ3n) is 3.74. The molecule has 0 radical (unpaired) electrons. The third kappa shape index (κ3) is 3.31. The molecule has 0 bridgehead atoms. The number of rotatable bonds is 6. The molecular weight excluding hydrogens is 258 g/mol. The highest BCUT2D eigenvalue weighted by Crippen LogP contribution is 2.14. The van der Waals surface area contributed by atoms with Crippen molar-refractivity contribution in [1.82, 2.24) is 14.9 Å². The van der Waals surface area contributed by atoms with E-state index in [0.29, 0.717) is 0 Å². The van der Waals surface area contributed by atoms with Crippen molar-refractivity contribution < 1.29 is 0 Å². The highest BCUT2D eigenvalue weighted by atomic mass is 15.0. The van der Waals surface area contributed by atoms with Crippen LogP contribution in [0.4, 0.5) is 0 Å². The first kappa shape index (κ1) is 13.8. The zero-order valence-electron chi connectivity index (χ0n) is 12.4. The first-order valence-corrected chi connectivity index (χ1v) is 7.55. The van der Waals surface area contributed by atoms with Gasteiger partial charge in [0, 0.05) is 6.54 Å². The van der Waals surface area contributed by atoms with E-state index in [1.165, 1.54) is 16.6 Å². The van der Waals surface area contributed by atoms with Gasteiger partial charge in [0.1, 0.15) is 0 Å². The molecule has 0 fully saturated rings. The highest BCUT2D eigenvalue weighted by Gasteiger charge is 2.02. The van der Waals surface area contributed by atoms with Crippen molar-refractivity contribution in [2.75, 3.05) is 13.1 Å². The fraction of sp³-hybridized carbons (Fsp3) is 0.278. The van der Waals surface area contributed by atoms with E-state index in [4.69, 9.17) is 0 Å². The lowest BCUT2D eigenvalue weighted by molar-refractivity contribution is 0.716. The van der Waals surface area contributed by atoms with Gasteiger partial charge in [0.05, 0.1) is 17.4 Å². The van der Waals surface area contributed by atoms with Crippen LogP contribution in [0.3, 0.4) is 0 Å². The van der Waals surface area contributed by atoms with Crippen molar-refractivity contribution in [2.24, 2.45) is 0 Å². The Morgan fingerprint density at radius 1 is 1.00 bits per heavy atom. The van der Waals surface area contributed by atoms with Crippen LogP contribution in [0.15, 0.2) is 54.9 Å². The Hall–Kier alpha value is -2.13. The number of imidazole rings is 1. The standard InChI is InChI=1S/C18H21N3/c1-2-19-12-11-15-7-9-16(10-8-15)13-21-14-20-17-5-3-4-6-18(17)21/h3-10,14,19H,2,11-13H2,1H3. The van der Waals surface area contributed by atoms with Crippen LogP contribution < -0.4 is 5.32 Å². The summed E-state index contributed by atoms with van der Waals surface area (Å²) in [6.07, 6.45) is 3.01. The second-order valence-electron chi connectivity index (χ2n) is 5.28. The van der Waals surface area contributed by atoms with Crippen molar-refractivity contribution in [1.29, 1.82) is 0 Å². The van der Waals surface area contributed by atoms with E-state index >= 15 is 0 Å². The van der Waals surface area contributed by atoms with Gasteiger partial charge in [-0.3, -0.25) is 0 Å². The lowest BCUT2D eigenvalue weighted by Crippen LogP contribution is -2.15. The molecule has 0 unspecified atom stereocenters. The molecular formula is C18H21N3. The molecule has 3 heteroatoms. The summed E-state index contributed by atoms with van der Waals surface area (Å²) in [6, 6.07) is 17.1. The molecule has 1 heterocycles. The summed E-state index contributed by atoms with van der Waals surface area (Å²) in [5.74, 6) is 0. The number of hydrogen-bond acceptors (Lipinski definition) is 2. The summed E-state index contributed by atoms with van der Waals surface area (Å²) in [4.78, 5) is 4.44. The van der Waals surface area contributed by atoms with Crippen molar-refractivity contribution in [3.8, 4) is 0 Å². The summed E-state index contributed by atoms with van der Waals surface area (Å²) in [7, 11) is 0. The Morgan fingerprint density at radius 3 is 2.57 bits per heavy atom. The van der Waals surface area contributed by atoms with Gasteiger partial charge in [0.2, 0.25) is 0 Å². The zero-order chi connectivity index (χ0) is 14.5. The summed E-state index contributed by atoms with van der Waals surface area (Å²) in [5.41, 5.74) is 4.94. The van der Waals surface area contributed by atoms with Crippen molar-refractivity contribution in [2.45, 2.75) is 19.9 Å². The van der Waals surface area contributed by atoms with E-state index < -0.39 is 0 Å². The minimum absolute atomic E-state index is 0.869. The molecule has 0 aliphatic carbocycles. The van der Waals surface area contributed by atoms with Crippen LogP contribution in [0.2, 0.25) is 0 Å². The fourth-order valence-electron chi connectivity index (χ4n) is 2.55. The molecule has 1 N–H and O–H groups in total. The fourth-order valence-corrected chi connectivity index (χ4v) is 2.55. The van der Waals surface area contributed by atoms with Gasteiger partial charge in [-0.25, -0.2) is 4.98 Å². The minimum atomic E-state index is 0.869. The zero-order valence-corrected chi connectivity index (χ0v) is 12.4. The first-order chi connectivity index (χ1) is 10.4. The van der Waals surface area contributed by atoms with Crippen LogP contribution in [0.5, 0.6) is 0 Å². The van der Waals surface area contributed by atoms with Crippen LogP contribution >= 0.6 is 0 Å². The van der Waals surface area contributed by atoms with Crippen LogP contribution in [0.1, 0.15) is 18.1 Å². The monoisotopic (exact) mass is 279 g/mol. The van der Waals surface area contributed by atoms with Gasteiger partial charge in [-0.05, 0) is 42.8 Å². The molecule has 3 aromatic rings. The number of aromatic nitrogens is 2. The van der Waals surface area contributed by atoms with E-state index in [-0.39, 0.29) is 0 Å². The summed E-state index contributed by atoms with van der Waals surface area (Å²) in [6.45, 7) is 5.08. The van der Waals surface area contributed by atoms with Gasteiger partial charge in [0.25, 0.3) is 0 Å². The first-order valence-electron chi connectivity index (χ1n) is 7.55. The predicted molar refractivity (Wildman–Crippen MR) is 87.5 cm³/mol. The number of hydrogen-bond donors (Lipinski definition) is 1. The van der Waals surface area contributed by atoms with Gasteiger partial charge < -0.3 is 9.88 Å². The number of nitrogens with zero attached hydrogens (tertiary/aromatic N) is 2. The molecule has 0 aliphatic heterocycles. The van der Waals surface area contributed by atoms with Gasteiger partial charge in [-0.15, -0.1) is 0 Å². The van der Waals surface area contributed by atoms with Crippen molar-refractivity contribution in [3.05, 3.63) is 66.0 Å². The molecule has 0 aliphatic rings. The van der Waals surface area contributed by atoms with Gasteiger partial charge >= 0.3 is 0 Å². The Morgan fingerprint density at radius 2 is 1.76 bits per heavy atom. The van der Waals surface area contributed by atoms with Gasteiger partial charge in [0.15, 0.2) is 0 Å². The quantitative estimate of drug-likeness (QED) is 0.702. The molecule has 0 saturated carbocycles. The number of fused-ring (bicyclic) bond motifs is 1. The summed E-state index contributed by atoms with van der Waals surface area (Å²) >= 11 is 0. The number of nitrogens with one attached hydrogen (secondary N) is 1. The third-order valence-corrected chi connectivity index (χ3v) is 3.74. The molecule has 0 atom stereocenters. The van der Waals surface area contributed by atoms with E-state index in [2.05, 4.69) is 64.3 Å². The van der Waals surface area contributed by atoms with Crippen LogP contribution in [0, 0.1) is 0 Å². The molecule has 108 valence electrons. The van der Waals surface area contributed by atoms with E-state index in [1.54, 1.807) is 0 Å². The second-order valence-corrected chi connectivity index (χ2v) is 5.28. The molecule has 21 heavy (non-hydrogen) atoms. The van der Waals surface area contributed by atoms with E-state index in [1.807, 2.05) is 12.4 Å². The Kier molecular flexibility index (Phi) is 4.31. The average Bonchev–Trinajstić information content (AvgIpc) is 2.93. The Bertz CT molecular complexity index is 698. The highest BCUT2D eigenvalue weighted by molar-refractivity contribution is 5.75. The number of benzene rings is 2. The lowest BCUT2D eigenvalue weighted by Gasteiger charge is -2.07. The molecule has 0 spiro atoms. The van der Waals surface area contributed by atoms with E-state index in [9.17, 15) is 0 Å². The SMILES string of the molecule is CCNCCc1ccc(Cn2cnc3ccccc32)cc1. The second kappa shape index (κ2) is 6.55. The van der Waals surface area contributed by atoms with Crippen LogP contribution in [0.25, 0.3) is 11.0 Å². The number of para-hydroxylation sites is 2. The van der Waals surface area contributed by atoms with Gasteiger partial charge in [-0.2, -0.15) is 0 Å². The summed E-state index contributed by atoms with van der Waals surface area (Å²) < 4.78 is 2.20. The predicted octanol–water partition coefficient (Wildman–Crippen LogP) is 3.24. The van der Waals surface area contributed by atoms with Gasteiger partial charge in [-0.1, -0.05) is 43.3 Å². The van der Waals surface area contributed by atoms with Crippen molar-refractivity contribution >= 4 is 11.0 Å². The van der Waals surface area contributed by atoms with Crippen molar-refractivity contribution in [3.63, 3.8) is 0 Å². The largest absolute Gasteiger partial charge is 0.326 e. The molecule has 3 nitrogen and oxygen atoms in total. The summed E-state index contributed by atoms with van der Waals surface area (Å²) in [5, 5.41) is 3.36. The van der Waals surface area contributed by atoms with E-state index in [0.717, 1.165) is 31.6 Å². The maximum atomic E-state index is 4.44. The molecule has 1 aromatic heterocycles. The normalized spacial score (nSPS) is 11.1. The molecule has 0 saturated heterocycles.